The van der Waals surface area contributed by atoms with Crippen LogP contribution in [0.2, 0.25) is 0 Å². The minimum atomic E-state index is -0.183. The number of aryl methyl sites for hydroxylation is 1. The van der Waals surface area contributed by atoms with Crippen molar-refractivity contribution in [2.75, 3.05) is 0 Å². The predicted octanol–water partition coefficient (Wildman–Crippen LogP) is 0.473. The van der Waals surface area contributed by atoms with Crippen molar-refractivity contribution in [2.45, 2.75) is 19.9 Å². The Morgan fingerprint density at radius 1 is 1.55 bits per heavy atom. The van der Waals surface area contributed by atoms with E-state index >= 15 is 0 Å². The number of aromatic nitrogens is 2. The van der Waals surface area contributed by atoms with E-state index in [2.05, 4.69) is 0 Å². The van der Waals surface area contributed by atoms with Crippen LogP contribution in [0.1, 0.15) is 19.9 Å². The summed E-state index contributed by atoms with van der Waals surface area (Å²) >= 11 is 0. The predicted molar refractivity (Wildman–Crippen MR) is 41.7 cm³/mol. The lowest BCUT2D eigenvalue weighted by atomic mass is 10.4. The molecular weight excluding hydrogens is 144 g/mol. The highest BCUT2D eigenvalue weighted by Gasteiger charge is 2.09. The van der Waals surface area contributed by atoms with Gasteiger partial charge in [-0.25, -0.2) is 4.79 Å². The topological polar surface area (TPSA) is 47.2 Å². The molecule has 0 aromatic carbocycles. The molecule has 1 aromatic heterocycles. The van der Waals surface area contributed by atoms with E-state index in [1.54, 1.807) is 7.05 Å². The first kappa shape index (κ1) is 7.91. The first-order valence-electron chi connectivity index (χ1n) is 3.51. The number of rotatable bonds is 1. The molecule has 0 radical (unpaired) electrons. The van der Waals surface area contributed by atoms with Crippen LogP contribution in [0.25, 0.3) is 0 Å². The molecule has 4 nitrogen and oxygen atoms in total. The molecule has 1 heterocycles. The molecule has 1 N–H and O–H groups in total. The lowest BCUT2D eigenvalue weighted by Crippen LogP contribution is -2.23. The van der Waals surface area contributed by atoms with E-state index in [0.717, 1.165) is 0 Å². The van der Waals surface area contributed by atoms with Crippen molar-refractivity contribution in [1.29, 1.82) is 0 Å². The Balaban J connectivity index is 3.35. The zero-order chi connectivity index (χ0) is 8.59. The fourth-order valence-electron chi connectivity index (χ4n) is 1.04. The van der Waals surface area contributed by atoms with Gasteiger partial charge in [-0.3, -0.25) is 9.13 Å². The quantitative estimate of drug-likeness (QED) is 0.642. The van der Waals surface area contributed by atoms with Crippen molar-refractivity contribution in [1.82, 2.24) is 9.13 Å². The van der Waals surface area contributed by atoms with E-state index in [9.17, 15) is 9.90 Å². The van der Waals surface area contributed by atoms with E-state index in [4.69, 9.17) is 0 Å². The number of imidazole rings is 1. The van der Waals surface area contributed by atoms with Crippen LogP contribution in [0.4, 0.5) is 0 Å². The van der Waals surface area contributed by atoms with Gasteiger partial charge in [0, 0.05) is 13.1 Å². The van der Waals surface area contributed by atoms with Crippen molar-refractivity contribution in [3.05, 3.63) is 16.7 Å². The summed E-state index contributed by atoms with van der Waals surface area (Å²) in [6, 6.07) is 0.00343. The minimum absolute atomic E-state index is 0.00343. The van der Waals surface area contributed by atoms with Crippen LogP contribution in [0.5, 0.6) is 5.88 Å². The third-order valence-electron chi connectivity index (χ3n) is 1.58. The summed E-state index contributed by atoms with van der Waals surface area (Å²) in [4.78, 5) is 11.2. The van der Waals surface area contributed by atoms with E-state index in [0.29, 0.717) is 0 Å². The monoisotopic (exact) mass is 156 g/mol. The van der Waals surface area contributed by atoms with Crippen molar-refractivity contribution in [2.24, 2.45) is 7.05 Å². The van der Waals surface area contributed by atoms with Gasteiger partial charge in [-0.2, -0.15) is 0 Å². The molecule has 4 heteroatoms. The van der Waals surface area contributed by atoms with E-state index in [1.165, 1.54) is 15.3 Å². The average molecular weight is 156 g/mol. The maximum Gasteiger partial charge on any atom is 0.331 e. The summed E-state index contributed by atoms with van der Waals surface area (Å²) in [5, 5.41) is 9.22. The molecular formula is C7H12N2O2. The second-order valence-corrected chi connectivity index (χ2v) is 2.84. The van der Waals surface area contributed by atoms with Gasteiger partial charge in [0.1, 0.15) is 0 Å². The molecule has 62 valence electrons. The van der Waals surface area contributed by atoms with E-state index in [1.807, 2.05) is 13.8 Å². The van der Waals surface area contributed by atoms with Gasteiger partial charge in [0.05, 0.1) is 6.20 Å². The second-order valence-electron chi connectivity index (χ2n) is 2.84. The maximum atomic E-state index is 11.2. The highest BCUT2D eigenvalue weighted by molar-refractivity contribution is 5.05. The number of hydrogen-bond donors (Lipinski definition) is 1. The minimum Gasteiger partial charge on any atom is -0.493 e. The van der Waals surface area contributed by atoms with Crippen LogP contribution in [-0.4, -0.2) is 14.2 Å². The summed E-state index contributed by atoms with van der Waals surface area (Å²) < 4.78 is 2.69. The summed E-state index contributed by atoms with van der Waals surface area (Å²) in [7, 11) is 1.61. The Kier molecular flexibility index (Phi) is 1.76. The van der Waals surface area contributed by atoms with E-state index in [-0.39, 0.29) is 17.6 Å². The molecule has 11 heavy (non-hydrogen) atoms. The number of aromatic hydroxyl groups is 1. The fraction of sp³-hybridized carbons (Fsp3) is 0.571. The molecule has 1 rings (SSSR count). The van der Waals surface area contributed by atoms with Gasteiger partial charge in [-0.05, 0) is 13.8 Å². The summed E-state index contributed by atoms with van der Waals surface area (Å²) in [5.41, 5.74) is -0.183. The zero-order valence-electron chi connectivity index (χ0n) is 6.90. The number of hydrogen-bond acceptors (Lipinski definition) is 2. The molecule has 0 unspecified atom stereocenters. The Hall–Kier alpha value is -1.19. The van der Waals surface area contributed by atoms with Gasteiger partial charge >= 0.3 is 5.69 Å². The normalized spacial score (nSPS) is 10.9. The molecule has 1 aromatic rings. The Bertz CT molecular complexity index is 309. The van der Waals surface area contributed by atoms with Crippen molar-refractivity contribution in [3.8, 4) is 5.88 Å². The largest absolute Gasteiger partial charge is 0.493 e. The molecule has 0 atom stereocenters. The molecule has 0 aliphatic heterocycles. The Morgan fingerprint density at radius 2 is 2.09 bits per heavy atom. The second kappa shape index (κ2) is 2.45. The Morgan fingerprint density at radius 3 is 2.27 bits per heavy atom. The molecule has 0 amide bonds. The van der Waals surface area contributed by atoms with Crippen LogP contribution in [0.3, 0.4) is 0 Å². The third kappa shape index (κ3) is 1.15. The van der Waals surface area contributed by atoms with Crippen molar-refractivity contribution in [3.63, 3.8) is 0 Å². The van der Waals surface area contributed by atoms with Crippen LogP contribution in [0, 0.1) is 0 Å². The van der Waals surface area contributed by atoms with Crippen LogP contribution >= 0.6 is 0 Å². The molecule has 0 bridgehead atoms. The SMILES string of the molecule is CC(C)n1c(O)cn(C)c1=O. The third-order valence-corrected chi connectivity index (χ3v) is 1.58. The summed E-state index contributed by atoms with van der Waals surface area (Å²) in [5.74, 6) is 0.0208. The molecule has 0 aliphatic rings. The van der Waals surface area contributed by atoms with Gasteiger partial charge in [0.15, 0.2) is 0 Å². The molecule has 0 aliphatic carbocycles. The van der Waals surface area contributed by atoms with Crippen LogP contribution in [-0.2, 0) is 7.05 Å². The first-order valence-corrected chi connectivity index (χ1v) is 3.51. The highest BCUT2D eigenvalue weighted by atomic mass is 16.3. The summed E-state index contributed by atoms with van der Waals surface area (Å²) in [6.07, 6.45) is 1.41. The number of nitrogens with zero attached hydrogens (tertiary/aromatic N) is 2. The maximum absolute atomic E-state index is 11.2. The van der Waals surface area contributed by atoms with Crippen LogP contribution < -0.4 is 5.69 Å². The van der Waals surface area contributed by atoms with Crippen LogP contribution in [0.15, 0.2) is 11.0 Å². The lowest BCUT2D eigenvalue weighted by molar-refractivity contribution is 0.395. The molecule has 0 fully saturated rings. The highest BCUT2D eigenvalue weighted by Crippen LogP contribution is 2.11. The smallest absolute Gasteiger partial charge is 0.331 e. The Labute approximate surface area is 64.7 Å². The molecule has 0 saturated heterocycles. The van der Waals surface area contributed by atoms with Gasteiger partial charge in [0.2, 0.25) is 5.88 Å². The molecule has 0 spiro atoms. The van der Waals surface area contributed by atoms with Gasteiger partial charge in [-0.1, -0.05) is 0 Å². The first-order chi connectivity index (χ1) is 5.04. The fourth-order valence-corrected chi connectivity index (χ4v) is 1.04. The van der Waals surface area contributed by atoms with Crippen molar-refractivity contribution < 1.29 is 5.11 Å². The van der Waals surface area contributed by atoms with Gasteiger partial charge in [0.25, 0.3) is 0 Å². The average Bonchev–Trinajstić information content (AvgIpc) is 2.07. The standard InChI is InChI=1S/C7H12N2O2/c1-5(2)9-6(10)4-8(3)7(9)11/h4-5,10H,1-3H3. The van der Waals surface area contributed by atoms with Crippen molar-refractivity contribution >= 4 is 0 Å². The summed E-state index contributed by atoms with van der Waals surface area (Å²) in [6.45, 7) is 3.70. The van der Waals surface area contributed by atoms with Gasteiger partial charge < -0.3 is 5.11 Å². The lowest BCUT2D eigenvalue weighted by Gasteiger charge is -2.04. The van der Waals surface area contributed by atoms with E-state index < -0.39 is 0 Å². The van der Waals surface area contributed by atoms with Gasteiger partial charge in [-0.15, -0.1) is 0 Å². The molecule has 0 saturated carbocycles. The zero-order valence-corrected chi connectivity index (χ0v) is 6.90.